The summed E-state index contributed by atoms with van der Waals surface area (Å²) in [6, 6.07) is 0. The molecule has 8 atom stereocenters. The lowest BCUT2D eigenvalue weighted by Crippen LogP contribution is -2.51. The quantitative estimate of drug-likeness (QED) is 0.124. The van der Waals surface area contributed by atoms with Crippen molar-refractivity contribution in [3.05, 3.63) is 11.6 Å². The van der Waals surface area contributed by atoms with Crippen LogP contribution in [0.3, 0.4) is 0 Å². The van der Waals surface area contributed by atoms with Gasteiger partial charge in [0.15, 0.2) is 0 Å². The summed E-state index contributed by atoms with van der Waals surface area (Å²) in [7, 11) is 0. The Morgan fingerprint density at radius 1 is 0.897 bits per heavy atom. The number of unbranched alkanes of at least 4 members (excludes halogenated alkanes) is 6. The molecule has 0 radical (unpaired) electrons. The first-order chi connectivity index (χ1) is 18.7. The molecule has 4 aliphatic rings. The normalized spacial score (nSPS) is 36.6. The number of allylic oxidation sites excluding steroid dienone is 1. The van der Waals surface area contributed by atoms with Gasteiger partial charge in [0.2, 0.25) is 0 Å². The molecule has 0 aromatic carbocycles. The minimum Gasteiger partial charge on any atom is -0.462 e. The molecule has 0 spiro atoms. The van der Waals surface area contributed by atoms with Crippen molar-refractivity contribution in [2.45, 2.75) is 170 Å². The number of ether oxygens (including phenoxy) is 1. The molecule has 3 fully saturated rings. The van der Waals surface area contributed by atoms with Crippen molar-refractivity contribution in [3.63, 3.8) is 0 Å². The van der Waals surface area contributed by atoms with Gasteiger partial charge in [0.25, 0.3) is 0 Å². The molecule has 39 heavy (non-hydrogen) atoms. The smallest absolute Gasteiger partial charge is 0.306 e. The fourth-order valence-electron chi connectivity index (χ4n) is 10.2. The summed E-state index contributed by atoms with van der Waals surface area (Å²) >= 11 is 0. The molecule has 3 saturated carbocycles. The Hall–Kier alpha value is -0.790. The predicted molar refractivity (Wildman–Crippen MR) is 166 cm³/mol. The van der Waals surface area contributed by atoms with Crippen molar-refractivity contribution in [2.75, 3.05) is 0 Å². The number of hydrogen-bond acceptors (Lipinski definition) is 2. The van der Waals surface area contributed by atoms with Crippen molar-refractivity contribution in [3.8, 4) is 0 Å². The van der Waals surface area contributed by atoms with Crippen LogP contribution in [0.25, 0.3) is 0 Å². The van der Waals surface area contributed by atoms with Crippen LogP contribution in [0.5, 0.6) is 0 Å². The van der Waals surface area contributed by atoms with E-state index in [0.717, 1.165) is 54.8 Å². The fraction of sp³-hybridized carbons (Fsp3) is 0.919. The number of fused-ring (bicyclic) bond motifs is 5. The van der Waals surface area contributed by atoms with E-state index in [9.17, 15) is 4.79 Å². The van der Waals surface area contributed by atoms with Crippen LogP contribution in [0.1, 0.15) is 164 Å². The average molecular weight is 541 g/mol. The average Bonchev–Trinajstić information content (AvgIpc) is 3.25. The molecular weight excluding hydrogens is 476 g/mol. The Kier molecular flexibility index (Phi) is 11.1. The van der Waals surface area contributed by atoms with Gasteiger partial charge in [-0.05, 0) is 97.7 Å². The minimum atomic E-state index is 0.0550. The lowest BCUT2D eigenvalue weighted by Gasteiger charge is -2.58. The van der Waals surface area contributed by atoms with Gasteiger partial charge in [0.05, 0.1) is 0 Å². The van der Waals surface area contributed by atoms with E-state index in [2.05, 4.69) is 47.6 Å². The molecule has 2 heteroatoms. The number of carbonyl (C=O) groups is 1. The monoisotopic (exact) mass is 540 g/mol. The lowest BCUT2D eigenvalue weighted by molar-refractivity contribution is -0.151. The van der Waals surface area contributed by atoms with Crippen LogP contribution in [0.4, 0.5) is 0 Å². The van der Waals surface area contributed by atoms with Crippen molar-refractivity contribution in [1.29, 1.82) is 0 Å². The minimum absolute atomic E-state index is 0.0550. The summed E-state index contributed by atoms with van der Waals surface area (Å²) in [4.78, 5) is 12.6. The maximum atomic E-state index is 12.6. The van der Waals surface area contributed by atoms with Gasteiger partial charge >= 0.3 is 5.97 Å². The van der Waals surface area contributed by atoms with Crippen molar-refractivity contribution in [2.24, 2.45) is 46.3 Å². The third-order valence-electron chi connectivity index (χ3n) is 12.5. The lowest BCUT2D eigenvalue weighted by atomic mass is 9.47. The van der Waals surface area contributed by atoms with E-state index < -0.39 is 0 Å². The topological polar surface area (TPSA) is 26.3 Å². The molecule has 0 unspecified atom stereocenters. The molecule has 0 aromatic rings. The van der Waals surface area contributed by atoms with E-state index in [0.29, 0.717) is 17.3 Å². The summed E-state index contributed by atoms with van der Waals surface area (Å²) < 4.78 is 6.06. The van der Waals surface area contributed by atoms with Crippen LogP contribution in [0.15, 0.2) is 11.6 Å². The summed E-state index contributed by atoms with van der Waals surface area (Å²) in [5.41, 5.74) is 2.54. The zero-order valence-corrected chi connectivity index (χ0v) is 26.9. The number of rotatable bonds is 14. The number of hydrogen-bond donors (Lipinski definition) is 0. The van der Waals surface area contributed by atoms with E-state index in [1.165, 1.54) is 96.3 Å². The van der Waals surface area contributed by atoms with Gasteiger partial charge in [-0.15, -0.1) is 0 Å². The summed E-state index contributed by atoms with van der Waals surface area (Å²) in [5, 5.41) is 0. The SMILES string of the molecule is CCCCCCCCCC(=O)O[C@H]1CC[C@@]2(C)C(=CC[C@@H]3[C@H]4CC[C@@H]([C@H](C)CCCC(C)C)[C@@]4(C)CC[C@H]32)C1. The molecule has 0 aliphatic heterocycles. The van der Waals surface area contributed by atoms with Crippen molar-refractivity contribution < 1.29 is 9.53 Å². The van der Waals surface area contributed by atoms with E-state index in [-0.39, 0.29) is 12.1 Å². The van der Waals surface area contributed by atoms with Gasteiger partial charge < -0.3 is 4.74 Å². The number of carbonyl (C=O) groups excluding carboxylic acids is 1. The Morgan fingerprint density at radius 3 is 2.38 bits per heavy atom. The van der Waals surface area contributed by atoms with E-state index in [4.69, 9.17) is 4.74 Å². The second-order valence-corrected chi connectivity index (χ2v) is 15.5. The molecule has 2 nitrogen and oxygen atoms in total. The van der Waals surface area contributed by atoms with Gasteiger partial charge in [-0.3, -0.25) is 4.79 Å². The molecule has 0 bridgehead atoms. The summed E-state index contributed by atoms with van der Waals surface area (Å²) in [5.74, 6) is 5.34. The molecular formula is C37H64O2. The zero-order valence-electron chi connectivity index (χ0n) is 26.9. The highest BCUT2D eigenvalue weighted by Gasteiger charge is 2.59. The first-order valence-corrected chi connectivity index (χ1v) is 17.6. The second kappa shape index (κ2) is 13.9. The van der Waals surface area contributed by atoms with Crippen molar-refractivity contribution in [1.82, 2.24) is 0 Å². The highest BCUT2D eigenvalue weighted by molar-refractivity contribution is 5.69. The van der Waals surface area contributed by atoms with E-state index >= 15 is 0 Å². The Morgan fingerprint density at radius 2 is 1.64 bits per heavy atom. The maximum absolute atomic E-state index is 12.6. The van der Waals surface area contributed by atoms with E-state index in [1.54, 1.807) is 5.57 Å². The standard InChI is InChI=1S/C37H64O2/c1-7-8-9-10-11-12-13-17-35(38)39-30-22-24-36(5)29(26-30)18-19-31-33-21-20-32(28(4)16-14-15-27(2)3)37(33,6)25-23-34(31)36/h18,27-28,30-34H,7-17,19-26H2,1-6H3/t28-,30+,31-,32+,33-,34-,36+,37-/m1/s1. The molecule has 0 amide bonds. The first-order valence-electron chi connectivity index (χ1n) is 17.6. The second-order valence-electron chi connectivity index (χ2n) is 15.5. The van der Waals surface area contributed by atoms with Gasteiger partial charge in [-0.25, -0.2) is 0 Å². The Bertz CT molecular complexity index is 812. The zero-order chi connectivity index (χ0) is 28.0. The van der Waals surface area contributed by atoms with Gasteiger partial charge in [-0.2, -0.15) is 0 Å². The molecule has 0 N–H and O–H groups in total. The van der Waals surface area contributed by atoms with Crippen LogP contribution >= 0.6 is 0 Å². The third kappa shape index (κ3) is 7.17. The van der Waals surface area contributed by atoms with Crippen LogP contribution in [-0.4, -0.2) is 12.1 Å². The van der Waals surface area contributed by atoms with Crippen LogP contribution in [0, 0.1) is 46.3 Å². The van der Waals surface area contributed by atoms with E-state index in [1.807, 2.05) is 0 Å². The van der Waals surface area contributed by atoms with Crippen LogP contribution in [-0.2, 0) is 9.53 Å². The third-order valence-corrected chi connectivity index (χ3v) is 12.5. The summed E-state index contributed by atoms with van der Waals surface area (Å²) in [6.45, 7) is 14.9. The van der Waals surface area contributed by atoms with Gasteiger partial charge in [-0.1, -0.05) is 111 Å². The number of esters is 1. The molecule has 4 rings (SSSR count). The predicted octanol–water partition coefficient (Wildman–Crippen LogP) is 11.1. The molecule has 224 valence electrons. The van der Waals surface area contributed by atoms with Crippen LogP contribution in [0.2, 0.25) is 0 Å². The molecule has 0 saturated heterocycles. The molecule has 4 aliphatic carbocycles. The maximum Gasteiger partial charge on any atom is 0.306 e. The summed E-state index contributed by atoms with van der Waals surface area (Å²) in [6.07, 6.45) is 26.7. The largest absolute Gasteiger partial charge is 0.462 e. The first kappa shape index (κ1) is 31.2. The van der Waals surface area contributed by atoms with Gasteiger partial charge in [0, 0.05) is 12.8 Å². The van der Waals surface area contributed by atoms with Crippen LogP contribution < -0.4 is 0 Å². The Balaban J connectivity index is 1.29. The Labute approximate surface area is 242 Å². The van der Waals surface area contributed by atoms with Crippen molar-refractivity contribution >= 4 is 5.97 Å². The molecule has 0 aromatic heterocycles. The van der Waals surface area contributed by atoms with Gasteiger partial charge in [0.1, 0.15) is 6.10 Å². The molecule has 0 heterocycles. The highest BCUT2D eigenvalue weighted by atomic mass is 16.5. The fourth-order valence-corrected chi connectivity index (χ4v) is 10.2. The highest BCUT2D eigenvalue weighted by Crippen LogP contribution is 2.67.